The number of hydrogen-bond donors (Lipinski definition) is 0. The summed E-state index contributed by atoms with van der Waals surface area (Å²) in [6.45, 7) is 8.28. The lowest BCUT2D eigenvalue weighted by molar-refractivity contribution is -0.114. The molecule has 0 unspecified atom stereocenters. The van der Waals surface area contributed by atoms with Gasteiger partial charge in [-0.3, -0.25) is 4.79 Å². The van der Waals surface area contributed by atoms with Crippen molar-refractivity contribution < 1.29 is 14.3 Å². The molecule has 146 valence electrons. The van der Waals surface area contributed by atoms with Crippen molar-refractivity contribution >= 4 is 46.0 Å². The van der Waals surface area contributed by atoms with Crippen LogP contribution in [0.2, 0.25) is 0 Å². The average Bonchev–Trinajstić information content (AvgIpc) is 2.93. The van der Waals surface area contributed by atoms with Crippen molar-refractivity contribution in [1.29, 1.82) is 0 Å². The first kappa shape index (κ1) is 20.4. The highest BCUT2D eigenvalue weighted by molar-refractivity contribution is 14.1. The van der Waals surface area contributed by atoms with Crippen LogP contribution >= 0.6 is 22.6 Å². The molecule has 0 radical (unpaired) electrons. The quantitative estimate of drug-likeness (QED) is 0.409. The summed E-state index contributed by atoms with van der Waals surface area (Å²) in [4.78, 5) is 12.9. The van der Waals surface area contributed by atoms with E-state index in [9.17, 15) is 4.79 Å². The van der Waals surface area contributed by atoms with Gasteiger partial charge >= 0.3 is 0 Å². The molecule has 2 aromatic carbocycles. The fourth-order valence-electron chi connectivity index (χ4n) is 2.88. The first-order valence-corrected chi connectivity index (χ1v) is 10.3. The van der Waals surface area contributed by atoms with Gasteiger partial charge in [0.1, 0.15) is 0 Å². The van der Waals surface area contributed by atoms with Crippen molar-refractivity contribution in [2.24, 2.45) is 5.10 Å². The number of nitrogens with zero attached hydrogens (tertiary/aromatic N) is 2. The van der Waals surface area contributed by atoms with E-state index < -0.39 is 0 Å². The molecule has 6 heteroatoms. The van der Waals surface area contributed by atoms with Gasteiger partial charge in [-0.15, -0.1) is 0 Å². The van der Waals surface area contributed by atoms with Crippen molar-refractivity contribution in [3.8, 4) is 11.5 Å². The fourth-order valence-corrected chi connectivity index (χ4v) is 3.63. The van der Waals surface area contributed by atoms with E-state index in [0.29, 0.717) is 23.6 Å². The summed E-state index contributed by atoms with van der Waals surface area (Å²) in [5, 5.41) is 5.87. The van der Waals surface area contributed by atoms with Crippen LogP contribution in [0.25, 0.3) is 6.08 Å². The van der Waals surface area contributed by atoms with E-state index in [0.717, 1.165) is 20.6 Å². The monoisotopic (exact) mass is 490 g/mol. The zero-order valence-corrected chi connectivity index (χ0v) is 18.6. The molecule has 0 saturated carbocycles. The van der Waals surface area contributed by atoms with Gasteiger partial charge in [-0.05, 0) is 86.2 Å². The molecule has 0 spiro atoms. The molecule has 5 nitrogen and oxygen atoms in total. The van der Waals surface area contributed by atoms with Crippen molar-refractivity contribution in [2.75, 3.05) is 11.6 Å². The van der Waals surface area contributed by atoms with E-state index in [1.807, 2.05) is 76.2 Å². The molecule has 2 aromatic rings. The van der Waals surface area contributed by atoms with Gasteiger partial charge in [0.2, 0.25) is 0 Å². The SMILES string of the molecule is CCOc1cc(/C=C2\C(=O)N(c3ccccc3)N=C2C)cc(I)c1OC(C)C. The molecule has 0 bridgehead atoms. The molecular weight excluding hydrogens is 467 g/mol. The second-order valence-electron chi connectivity index (χ2n) is 6.63. The third-order valence-corrected chi connectivity index (χ3v) is 4.86. The maximum Gasteiger partial charge on any atom is 0.280 e. The second-order valence-corrected chi connectivity index (χ2v) is 7.79. The number of ether oxygens (including phenoxy) is 2. The fraction of sp³-hybridized carbons (Fsp3) is 0.273. The Labute approximate surface area is 179 Å². The van der Waals surface area contributed by atoms with Crippen LogP contribution in [0.15, 0.2) is 53.1 Å². The van der Waals surface area contributed by atoms with Crippen molar-refractivity contribution in [3.05, 3.63) is 57.2 Å². The zero-order chi connectivity index (χ0) is 20.3. The van der Waals surface area contributed by atoms with Crippen LogP contribution in [-0.2, 0) is 4.79 Å². The summed E-state index contributed by atoms with van der Waals surface area (Å²) < 4.78 is 12.6. The van der Waals surface area contributed by atoms with Crippen LogP contribution in [0.4, 0.5) is 5.69 Å². The van der Waals surface area contributed by atoms with Gasteiger partial charge in [0.15, 0.2) is 11.5 Å². The van der Waals surface area contributed by atoms with Crippen LogP contribution in [0.5, 0.6) is 11.5 Å². The predicted molar refractivity (Wildman–Crippen MR) is 121 cm³/mol. The Hall–Kier alpha value is -2.35. The summed E-state index contributed by atoms with van der Waals surface area (Å²) in [5.41, 5.74) is 2.88. The molecule has 0 fully saturated rings. The Bertz CT molecular complexity index is 936. The minimum Gasteiger partial charge on any atom is -0.490 e. The number of carbonyl (C=O) groups excluding carboxylic acids is 1. The highest BCUT2D eigenvalue weighted by Crippen LogP contribution is 2.36. The van der Waals surface area contributed by atoms with E-state index >= 15 is 0 Å². The Morgan fingerprint density at radius 1 is 1.21 bits per heavy atom. The molecule has 28 heavy (non-hydrogen) atoms. The van der Waals surface area contributed by atoms with Crippen LogP contribution in [0.3, 0.4) is 0 Å². The van der Waals surface area contributed by atoms with E-state index in [4.69, 9.17) is 9.47 Å². The third kappa shape index (κ3) is 4.38. The Balaban J connectivity index is 1.97. The summed E-state index contributed by atoms with van der Waals surface area (Å²) in [6.07, 6.45) is 1.90. The lowest BCUT2D eigenvalue weighted by Gasteiger charge is -2.17. The first-order chi connectivity index (χ1) is 13.4. The van der Waals surface area contributed by atoms with Crippen LogP contribution in [-0.4, -0.2) is 24.3 Å². The minimum absolute atomic E-state index is 0.0437. The van der Waals surface area contributed by atoms with E-state index in [1.54, 1.807) is 0 Å². The zero-order valence-electron chi connectivity index (χ0n) is 16.4. The van der Waals surface area contributed by atoms with E-state index in [1.165, 1.54) is 5.01 Å². The highest BCUT2D eigenvalue weighted by Gasteiger charge is 2.28. The summed E-state index contributed by atoms with van der Waals surface area (Å²) in [6, 6.07) is 13.3. The number of hydrazone groups is 1. The first-order valence-electron chi connectivity index (χ1n) is 9.20. The topological polar surface area (TPSA) is 51.1 Å². The number of amides is 1. The molecule has 3 rings (SSSR count). The van der Waals surface area contributed by atoms with Crippen LogP contribution in [0.1, 0.15) is 33.3 Å². The molecule has 0 N–H and O–H groups in total. The highest BCUT2D eigenvalue weighted by atomic mass is 127. The second kappa shape index (κ2) is 8.77. The molecule has 0 saturated heterocycles. The number of benzene rings is 2. The van der Waals surface area contributed by atoms with Gasteiger partial charge in [0.05, 0.1) is 33.3 Å². The van der Waals surface area contributed by atoms with Gasteiger partial charge in [0, 0.05) is 0 Å². The molecular formula is C22H23IN2O3. The molecule has 1 amide bonds. The molecule has 0 aliphatic carbocycles. The van der Waals surface area contributed by atoms with E-state index in [-0.39, 0.29) is 12.0 Å². The van der Waals surface area contributed by atoms with Crippen molar-refractivity contribution in [2.45, 2.75) is 33.8 Å². The van der Waals surface area contributed by atoms with Gasteiger partial charge in [-0.25, -0.2) is 0 Å². The summed E-state index contributed by atoms with van der Waals surface area (Å²) in [5.74, 6) is 1.27. The standard InChI is InChI=1S/C22H23IN2O3/c1-5-27-20-13-16(12-19(23)21(20)28-14(2)3)11-18-15(4)24-25(22(18)26)17-9-7-6-8-10-17/h6-14H,5H2,1-4H3/b18-11-. The van der Waals surface area contributed by atoms with E-state index in [2.05, 4.69) is 27.7 Å². The Morgan fingerprint density at radius 3 is 2.57 bits per heavy atom. The van der Waals surface area contributed by atoms with Gasteiger partial charge in [-0.2, -0.15) is 10.1 Å². The number of carbonyl (C=O) groups is 1. The van der Waals surface area contributed by atoms with Gasteiger partial charge in [-0.1, -0.05) is 18.2 Å². The number of rotatable bonds is 6. The van der Waals surface area contributed by atoms with Gasteiger partial charge < -0.3 is 9.47 Å². The maximum atomic E-state index is 12.9. The minimum atomic E-state index is -0.140. The predicted octanol–water partition coefficient (Wildman–Crippen LogP) is 5.28. The lowest BCUT2D eigenvalue weighted by Crippen LogP contribution is -2.21. The molecule has 0 aromatic heterocycles. The van der Waals surface area contributed by atoms with Crippen LogP contribution in [0, 0.1) is 3.57 Å². The van der Waals surface area contributed by atoms with Gasteiger partial charge in [0.25, 0.3) is 5.91 Å². The van der Waals surface area contributed by atoms with Crippen molar-refractivity contribution in [1.82, 2.24) is 0 Å². The van der Waals surface area contributed by atoms with Crippen LogP contribution < -0.4 is 14.5 Å². The lowest BCUT2D eigenvalue weighted by atomic mass is 10.1. The largest absolute Gasteiger partial charge is 0.490 e. The smallest absolute Gasteiger partial charge is 0.280 e. The number of anilines is 1. The summed E-state index contributed by atoms with van der Waals surface area (Å²) in [7, 11) is 0. The number of hydrogen-bond acceptors (Lipinski definition) is 4. The maximum absolute atomic E-state index is 12.9. The molecule has 0 atom stereocenters. The molecule has 1 heterocycles. The molecule has 1 aliphatic rings. The molecule has 1 aliphatic heterocycles. The average molecular weight is 490 g/mol. The van der Waals surface area contributed by atoms with Crippen molar-refractivity contribution in [3.63, 3.8) is 0 Å². The summed E-state index contributed by atoms with van der Waals surface area (Å²) >= 11 is 2.24. The number of halogens is 1. The Kier molecular flexibility index (Phi) is 6.39. The normalized spacial score (nSPS) is 15.4. The third-order valence-electron chi connectivity index (χ3n) is 4.06. The Morgan fingerprint density at radius 2 is 1.93 bits per heavy atom. The number of para-hydroxylation sites is 1.